The Morgan fingerprint density at radius 2 is 1.90 bits per heavy atom. The maximum Gasteiger partial charge on any atom is 0.236 e. The summed E-state index contributed by atoms with van der Waals surface area (Å²) in [4.78, 5) is 17.2. The second-order valence-electron chi connectivity index (χ2n) is 6.69. The highest BCUT2D eigenvalue weighted by molar-refractivity contribution is 7.14. The summed E-state index contributed by atoms with van der Waals surface area (Å²) >= 11 is 1.50. The second kappa shape index (κ2) is 4.95. The largest absolute Gasteiger partial charge is 0.301 e. The van der Waals surface area contributed by atoms with Gasteiger partial charge in [0.05, 0.1) is 11.1 Å². The molecule has 0 saturated heterocycles. The first-order valence-corrected chi connectivity index (χ1v) is 8.13. The first-order chi connectivity index (χ1) is 9.92. The molecule has 3 rings (SSSR count). The normalized spacial score (nSPS) is 16.5. The number of nitrogens with zero attached hydrogens (tertiary/aromatic N) is 1. The minimum absolute atomic E-state index is 0.0101. The summed E-state index contributed by atoms with van der Waals surface area (Å²) in [7, 11) is 0. The minimum Gasteiger partial charge on any atom is -0.301 e. The first kappa shape index (κ1) is 14.3. The van der Waals surface area contributed by atoms with E-state index < -0.39 is 0 Å². The maximum atomic E-state index is 12.6. The van der Waals surface area contributed by atoms with E-state index in [1.165, 1.54) is 11.3 Å². The fraction of sp³-hybridized carbons (Fsp3) is 0.412. The molecular weight excluding hydrogens is 280 g/mol. The van der Waals surface area contributed by atoms with Crippen LogP contribution in [0.3, 0.4) is 0 Å². The molecule has 1 aliphatic carbocycles. The first-order valence-electron chi connectivity index (χ1n) is 7.25. The summed E-state index contributed by atoms with van der Waals surface area (Å²) in [5.41, 5.74) is 1.80. The monoisotopic (exact) mass is 300 g/mol. The topological polar surface area (TPSA) is 42.0 Å². The van der Waals surface area contributed by atoms with Crippen molar-refractivity contribution in [3.63, 3.8) is 0 Å². The lowest BCUT2D eigenvalue weighted by Crippen LogP contribution is -2.27. The Balaban J connectivity index is 1.77. The van der Waals surface area contributed by atoms with Gasteiger partial charge >= 0.3 is 0 Å². The van der Waals surface area contributed by atoms with Crippen LogP contribution >= 0.6 is 11.3 Å². The third-order valence-corrected chi connectivity index (χ3v) is 4.76. The molecule has 2 aromatic rings. The molecule has 4 heteroatoms. The highest BCUT2D eigenvalue weighted by Gasteiger charge is 2.51. The molecule has 1 aromatic heterocycles. The fourth-order valence-corrected chi connectivity index (χ4v) is 3.35. The number of nitrogens with one attached hydrogen (secondary N) is 1. The van der Waals surface area contributed by atoms with Gasteiger partial charge in [0, 0.05) is 10.8 Å². The minimum atomic E-state index is -0.338. The Hall–Kier alpha value is -1.68. The standard InChI is InChI=1S/C17H20N2OS/c1-16(2,3)13-11-21-15(18-13)19-14(20)17(9-10-17)12-7-5-4-6-8-12/h4-8,11H,9-10H2,1-3H3,(H,18,19,20). The van der Waals surface area contributed by atoms with Gasteiger partial charge in [-0.1, -0.05) is 51.1 Å². The lowest BCUT2D eigenvalue weighted by Gasteiger charge is -2.15. The number of carbonyl (C=O) groups is 1. The molecule has 0 atom stereocenters. The Morgan fingerprint density at radius 3 is 2.43 bits per heavy atom. The van der Waals surface area contributed by atoms with Crippen LogP contribution in [0, 0.1) is 0 Å². The number of hydrogen-bond donors (Lipinski definition) is 1. The van der Waals surface area contributed by atoms with Gasteiger partial charge in [0.25, 0.3) is 0 Å². The van der Waals surface area contributed by atoms with E-state index in [1.54, 1.807) is 0 Å². The predicted octanol–water partition coefficient (Wildman–Crippen LogP) is 4.11. The molecule has 21 heavy (non-hydrogen) atoms. The Morgan fingerprint density at radius 1 is 1.24 bits per heavy atom. The maximum absolute atomic E-state index is 12.6. The van der Waals surface area contributed by atoms with E-state index in [2.05, 4.69) is 31.1 Å². The van der Waals surface area contributed by atoms with Crippen molar-refractivity contribution in [1.82, 2.24) is 4.98 Å². The third-order valence-electron chi connectivity index (χ3n) is 4.00. The molecule has 1 aromatic carbocycles. The molecule has 0 aliphatic heterocycles. The van der Waals surface area contributed by atoms with Crippen molar-refractivity contribution < 1.29 is 4.79 Å². The summed E-state index contributed by atoms with van der Waals surface area (Å²) in [5.74, 6) is 0.0727. The van der Waals surface area contributed by atoms with E-state index in [0.717, 1.165) is 24.1 Å². The summed E-state index contributed by atoms with van der Waals surface area (Å²) in [6, 6.07) is 10.0. The predicted molar refractivity (Wildman–Crippen MR) is 86.8 cm³/mol. The van der Waals surface area contributed by atoms with Gasteiger partial charge in [-0.2, -0.15) is 0 Å². The highest BCUT2D eigenvalue weighted by atomic mass is 32.1. The molecule has 1 heterocycles. The van der Waals surface area contributed by atoms with Crippen LogP contribution in [-0.4, -0.2) is 10.9 Å². The van der Waals surface area contributed by atoms with Crippen LogP contribution in [0.2, 0.25) is 0 Å². The van der Waals surface area contributed by atoms with E-state index in [9.17, 15) is 4.79 Å². The molecule has 0 radical (unpaired) electrons. The van der Waals surface area contributed by atoms with Crippen LogP contribution < -0.4 is 5.32 Å². The number of rotatable bonds is 3. The molecule has 0 unspecified atom stereocenters. The zero-order valence-corrected chi connectivity index (χ0v) is 13.5. The average Bonchev–Trinajstić information content (AvgIpc) is 3.13. The molecule has 3 nitrogen and oxygen atoms in total. The molecule has 1 saturated carbocycles. The van der Waals surface area contributed by atoms with E-state index >= 15 is 0 Å². The number of anilines is 1. The zero-order chi connectivity index (χ0) is 15.1. The SMILES string of the molecule is CC(C)(C)c1csc(NC(=O)C2(c3ccccc3)CC2)n1. The summed E-state index contributed by atoms with van der Waals surface area (Å²) in [5, 5.41) is 5.73. The number of thiazole rings is 1. The van der Waals surface area contributed by atoms with Crippen LogP contribution in [0.4, 0.5) is 5.13 Å². The van der Waals surface area contributed by atoms with Gasteiger partial charge in [-0.3, -0.25) is 4.79 Å². The van der Waals surface area contributed by atoms with Crippen molar-refractivity contribution in [2.75, 3.05) is 5.32 Å². The van der Waals surface area contributed by atoms with Crippen LogP contribution in [0.25, 0.3) is 0 Å². The van der Waals surface area contributed by atoms with Crippen molar-refractivity contribution in [2.24, 2.45) is 0 Å². The smallest absolute Gasteiger partial charge is 0.236 e. The van der Waals surface area contributed by atoms with Gasteiger partial charge in [0.2, 0.25) is 5.91 Å². The van der Waals surface area contributed by atoms with Crippen LogP contribution in [0.15, 0.2) is 35.7 Å². The van der Waals surface area contributed by atoms with Gasteiger partial charge in [0.1, 0.15) is 0 Å². The van der Waals surface area contributed by atoms with Gasteiger partial charge in [-0.05, 0) is 18.4 Å². The third kappa shape index (κ3) is 2.72. The number of carbonyl (C=O) groups excluding carboxylic acids is 1. The lowest BCUT2D eigenvalue weighted by molar-refractivity contribution is -0.118. The van der Waals surface area contributed by atoms with Crippen LogP contribution in [-0.2, 0) is 15.6 Å². The quantitative estimate of drug-likeness (QED) is 0.927. The van der Waals surface area contributed by atoms with Crippen molar-refractivity contribution in [3.05, 3.63) is 47.0 Å². The van der Waals surface area contributed by atoms with Crippen LogP contribution in [0.1, 0.15) is 44.9 Å². The molecule has 0 spiro atoms. The lowest BCUT2D eigenvalue weighted by atomic mass is 9.93. The Bertz CT molecular complexity index is 651. The van der Waals surface area contributed by atoms with Crippen molar-refractivity contribution in [1.29, 1.82) is 0 Å². The van der Waals surface area contributed by atoms with Crippen molar-refractivity contribution >= 4 is 22.4 Å². The number of hydrogen-bond acceptors (Lipinski definition) is 3. The molecule has 110 valence electrons. The summed E-state index contributed by atoms with van der Waals surface area (Å²) < 4.78 is 0. The van der Waals surface area contributed by atoms with E-state index in [1.807, 2.05) is 35.7 Å². The number of aromatic nitrogens is 1. The molecular formula is C17H20N2OS. The van der Waals surface area contributed by atoms with Gasteiger partial charge < -0.3 is 5.32 Å². The molecule has 0 bridgehead atoms. The van der Waals surface area contributed by atoms with E-state index in [0.29, 0.717) is 5.13 Å². The van der Waals surface area contributed by atoms with Crippen molar-refractivity contribution in [2.45, 2.75) is 44.4 Å². The fourth-order valence-electron chi connectivity index (χ4n) is 2.42. The second-order valence-corrected chi connectivity index (χ2v) is 7.55. The molecule has 1 aliphatic rings. The van der Waals surface area contributed by atoms with Gasteiger partial charge in [-0.15, -0.1) is 11.3 Å². The Kier molecular flexibility index (Phi) is 3.36. The van der Waals surface area contributed by atoms with E-state index in [-0.39, 0.29) is 16.7 Å². The summed E-state index contributed by atoms with van der Waals surface area (Å²) in [6.45, 7) is 6.38. The zero-order valence-electron chi connectivity index (χ0n) is 12.6. The van der Waals surface area contributed by atoms with Crippen LogP contribution in [0.5, 0.6) is 0 Å². The Labute approximate surface area is 129 Å². The number of amides is 1. The molecule has 1 fully saturated rings. The van der Waals surface area contributed by atoms with Gasteiger partial charge in [0.15, 0.2) is 5.13 Å². The van der Waals surface area contributed by atoms with E-state index in [4.69, 9.17) is 0 Å². The molecule has 1 N–H and O–H groups in total. The highest BCUT2D eigenvalue weighted by Crippen LogP contribution is 2.49. The number of benzene rings is 1. The van der Waals surface area contributed by atoms with Gasteiger partial charge in [-0.25, -0.2) is 4.98 Å². The summed E-state index contributed by atoms with van der Waals surface area (Å²) in [6.07, 6.45) is 1.83. The average molecular weight is 300 g/mol. The van der Waals surface area contributed by atoms with Crippen molar-refractivity contribution in [3.8, 4) is 0 Å². The molecule has 1 amide bonds.